The summed E-state index contributed by atoms with van der Waals surface area (Å²) in [5.41, 5.74) is 1.30. The van der Waals surface area contributed by atoms with Crippen molar-refractivity contribution in [1.29, 1.82) is 0 Å². The van der Waals surface area contributed by atoms with Crippen molar-refractivity contribution in [2.24, 2.45) is 11.8 Å². The summed E-state index contributed by atoms with van der Waals surface area (Å²) in [4.78, 5) is 12.2. The standard InChI is InChI=1S/C19H29NO/c1-3-18(13-16-7-5-4-6-8-16)20-19(21)14-17-11-9-15(2)10-12-17/h4-8,15,17-18H,3,9-14H2,1-2H3,(H,20,21). The number of rotatable bonds is 6. The Bertz CT molecular complexity index is 420. The average Bonchev–Trinajstić information content (AvgIpc) is 2.50. The van der Waals surface area contributed by atoms with Gasteiger partial charge in [0.05, 0.1) is 0 Å². The molecule has 1 aliphatic carbocycles. The normalized spacial score (nSPS) is 23.5. The van der Waals surface area contributed by atoms with Crippen LogP contribution in [-0.2, 0) is 11.2 Å². The maximum absolute atomic E-state index is 12.2. The fraction of sp³-hybridized carbons (Fsp3) is 0.632. The third-order valence-electron chi connectivity index (χ3n) is 4.79. The quantitative estimate of drug-likeness (QED) is 0.828. The molecule has 1 atom stereocenters. The van der Waals surface area contributed by atoms with Crippen LogP contribution in [0.3, 0.4) is 0 Å². The molecule has 2 rings (SSSR count). The molecule has 0 aliphatic heterocycles. The number of nitrogens with one attached hydrogen (secondary N) is 1. The highest BCUT2D eigenvalue weighted by Crippen LogP contribution is 2.30. The van der Waals surface area contributed by atoms with Crippen molar-refractivity contribution in [3.63, 3.8) is 0 Å². The summed E-state index contributed by atoms with van der Waals surface area (Å²) in [7, 11) is 0. The molecule has 0 radical (unpaired) electrons. The molecule has 0 heterocycles. The van der Waals surface area contributed by atoms with Crippen molar-refractivity contribution in [2.75, 3.05) is 0 Å². The number of carbonyl (C=O) groups excluding carboxylic acids is 1. The Hall–Kier alpha value is -1.31. The minimum Gasteiger partial charge on any atom is -0.353 e. The maximum Gasteiger partial charge on any atom is 0.220 e. The predicted molar refractivity (Wildman–Crippen MR) is 88.1 cm³/mol. The molecule has 2 nitrogen and oxygen atoms in total. The molecule has 0 spiro atoms. The first-order valence-electron chi connectivity index (χ1n) is 8.50. The first-order chi connectivity index (χ1) is 10.2. The van der Waals surface area contributed by atoms with Crippen LogP contribution < -0.4 is 5.32 Å². The Morgan fingerprint density at radius 2 is 1.86 bits per heavy atom. The molecule has 1 aromatic rings. The summed E-state index contributed by atoms with van der Waals surface area (Å²) >= 11 is 0. The van der Waals surface area contributed by atoms with E-state index in [0.717, 1.165) is 25.2 Å². The van der Waals surface area contributed by atoms with Crippen molar-refractivity contribution in [2.45, 2.75) is 64.8 Å². The minimum atomic E-state index is 0.248. The second-order valence-electron chi connectivity index (χ2n) is 6.69. The molecule has 1 amide bonds. The van der Waals surface area contributed by atoms with Crippen LogP contribution in [0.25, 0.3) is 0 Å². The van der Waals surface area contributed by atoms with E-state index in [0.29, 0.717) is 5.92 Å². The molecule has 1 N–H and O–H groups in total. The zero-order valence-electron chi connectivity index (χ0n) is 13.5. The van der Waals surface area contributed by atoms with Gasteiger partial charge >= 0.3 is 0 Å². The molecule has 0 saturated heterocycles. The lowest BCUT2D eigenvalue weighted by molar-refractivity contribution is -0.123. The summed E-state index contributed by atoms with van der Waals surface area (Å²) in [6.07, 6.45) is 7.68. The smallest absolute Gasteiger partial charge is 0.220 e. The number of hydrogen-bond acceptors (Lipinski definition) is 1. The van der Waals surface area contributed by atoms with Gasteiger partial charge < -0.3 is 5.32 Å². The van der Waals surface area contributed by atoms with Crippen LogP contribution in [0.5, 0.6) is 0 Å². The lowest BCUT2D eigenvalue weighted by Crippen LogP contribution is -2.37. The molecule has 1 saturated carbocycles. The van der Waals surface area contributed by atoms with Gasteiger partial charge in [-0.3, -0.25) is 4.79 Å². The van der Waals surface area contributed by atoms with Crippen LogP contribution in [0, 0.1) is 11.8 Å². The Balaban J connectivity index is 1.77. The van der Waals surface area contributed by atoms with Crippen molar-refractivity contribution in [3.8, 4) is 0 Å². The van der Waals surface area contributed by atoms with Gasteiger partial charge in [0.25, 0.3) is 0 Å². The van der Waals surface area contributed by atoms with E-state index in [1.165, 1.54) is 31.2 Å². The minimum absolute atomic E-state index is 0.248. The average molecular weight is 287 g/mol. The Morgan fingerprint density at radius 3 is 2.48 bits per heavy atom. The fourth-order valence-electron chi connectivity index (χ4n) is 3.28. The molecule has 1 fully saturated rings. The van der Waals surface area contributed by atoms with Crippen molar-refractivity contribution in [1.82, 2.24) is 5.32 Å². The van der Waals surface area contributed by atoms with Crippen LogP contribution >= 0.6 is 0 Å². The van der Waals surface area contributed by atoms with Crippen LogP contribution in [0.1, 0.15) is 57.9 Å². The molecule has 0 aromatic heterocycles. The maximum atomic E-state index is 12.2. The zero-order valence-corrected chi connectivity index (χ0v) is 13.5. The monoisotopic (exact) mass is 287 g/mol. The van der Waals surface area contributed by atoms with Gasteiger partial charge in [0.1, 0.15) is 0 Å². The first-order valence-corrected chi connectivity index (χ1v) is 8.50. The second kappa shape index (κ2) is 8.21. The summed E-state index contributed by atoms with van der Waals surface area (Å²) in [5, 5.41) is 3.23. The molecular weight excluding hydrogens is 258 g/mol. The highest BCUT2D eigenvalue weighted by atomic mass is 16.1. The van der Waals surface area contributed by atoms with Crippen molar-refractivity contribution >= 4 is 5.91 Å². The van der Waals surface area contributed by atoms with Gasteiger partial charge in [-0.1, -0.05) is 57.0 Å². The van der Waals surface area contributed by atoms with Crippen molar-refractivity contribution in [3.05, 3.63) is 35.9 Å². The van der Waals surface area contributed by atoms with Gasteiger partial charge in [-0.05, 0) is 43.1 Å². The van der Waals surface area contributed by atoms with Gasteiger partial charge in [-0.25, -0.2) is 0 Å². The van der Waals surface area contributed by atoms with E-state index >= 15 is 0 Å². The molecule has 0 bridgehead atoms. The zero-order chi connectivity index (χ0) is 15.1. The largest absolute Gasteiger partial charge is 0.353 e. The van der Waals surface area contributed by atoms with Crippen molar-refractivity contribution < 1.29 is 4.79 Å². The van der Waals surface area contributed by atoms with Gasteiger partial charge in [0.15, 0.2) is 0 Å². The van der Waals surface area contributed by atoms with E-state index in [4.69, 9.17) is 0 Å². The van der Waals surface area contributed by atoms with Gasteiger partial charge in [-0.15, -0.1) is 0 Å². The topological polar surface area (TPSA) is 29.1 Å². The highest BCUT2D eigenvalue weighted by molar-refractivity contribution is 5.76. The Morgan fingerprint density at radius 1 is 1.19 bits per heavy atom. The lowest BCUT2D eigenvalue weighted by Gasteiger charge is -2.26. The molecule has 1 aromatic carbocycles. The molecule has 21 heavy (non-hydrogen) atoms. The predicted octanol–water partition coefficient (Wildman–Crippen LogP) is 4.34. The number of hydrogen-bond donors (Lipinski definition) is 1. The van der Waals surface area contributed by atoms with E-state index in [9.17, 15) is 4.79 Å². The van der Waals surface area contributed by atoms with E-state index in [-0.39, 0.29) is 11.9 Å². The van der Waals surface area contributed by atoms with Crippen LogP contribution in [0.4, 0.5) is 0 Å². The van der Waals surface area contributed by atoms with Gasteiger partial charge in [-0.2, -0.15) is 0 Å². The molecule has 116 valence electrons. The number of amides is 1. The van der Waals surface area contributed by atoms with Crippen LogP contribution in [0.15, 0.2) is 30.3 Å². The van der Waals surface area contributed by atoms with Crippen LogP contribution in [-0.4, -0.2) is 11.9 Å². The van der Waals surface area contributed by atoms with Gasteiger partial charge in [0, 0.05) is 12.5 Å². The summed E-state index contributed by atoms with van der Waals surface area (Å²) in [6, 6.07) is 10.7. The molecule has 1 unspecified atom stereocenters. The highest BCUT2D eigenvalue weighted by Gasteiger charge is 2.21. The Kier molecular flexibility index (Phi) is 6.28. The second-order valence-corrected chi connectivity index (χ2v) is 6.69. The van der Waals surface area contributed by atoms with Crippen LogP contribution in [0.2, 0.25) is 0 Å². The van der Waals surface area contributed by atoms with E-state index in [2.05, 4.69) is 43.4 Å². The first kappa shape index (κ1) is 16.1. The lowest BCUT2D eigenvalue weighted by atomic mass is 9.81. The number of carbonyl (C=O) groups is 1. The Labute approximate surface area is 129 Å². The van der Waals surface area contributed by atoms with E-state index < -0.39 is 0 Å². The SMILES string of the molecule is CCC(Cc1ccccc1)NC(=O)CC1CCC(C)CC1. The summed E-state index contributed by atoms with van der Waals surface area (Å²) in [6.45, 7) is 4.47. The van der Waals surface area contributed by atoms with E-state index in [1.54, 1.807) is 0 Å². The molecular formula is C19H29NO. The summed E-state index contributed by atoms with van der Waals surface area (Å²) < 4.78 is 0. The third kappa shape index (κ3) is 5.53. The number of benzene rings is 1. The van der Waals surface area contributed by atoms with Gasteiger partial charge in [0.2, 0.25) is 5.91 Å². The third-order valence-corrected chi connectivity index (χ3v) is 4.79. The molecule has 2 heteroatoms. The summed E-state index contributed by atoms with van der Waals surface area (Å²) in [5.74, 6) is 1.71. The van der Waals surface area contributed by atoms with E-state index in [1.807, 2.05) is 6.07 Å². The fourth-order valence-corrected chi connectivity index (χ4v) is 3.28. The molecule has 1 aliphatic rings.